The molecule has 1 aromatic carbocycles. The third-order valence-electron chi connectivity index (χ3n) is 6.29. The molecule has 1 N–H and O–H groups in total. The first-order valence-corrected chi connectivity index (χ1v) is 12.0. The number of hydrogen-bond donors (Lipinski definition) is 1. The van der Waals surface area contributed by atoms with Gasteiger partial charge >= 0.3 is 6.43 Å². The summed E-state index contributed by atoms with van der Waals surface area (Å²) in [6.07, 6.45) is 2.00. The van der Waals surface area contributed by atoms with Crippen molar-refractivity contribution >= 4 is 35.0 Å². The number of anilines is 1. The summed E-state index contributed by atoms with van der Waals surface area (Å²) in [6.45, 7) is 6.84. The number of nitrogens with one attached hydrogen (secondary N) is 1. The smallest absolute Gasteiger partial charge is 0.315 e. The summed E-state index contributed by atoms with van der Waals surface area (Å²) >= 11 is 6.53. The minimum Gasteiger partial charge on any atom is -0.476 e. The number of hydrogen-bond acceptors (Lipinski definition) is 4. The largest absolute Gasteiger partial charge is 0.476 e. The van der Waals surface area contributed by atoms with Crippen LogP contribution in [-0.4, -0.2) is 59.8 Å². The second kappa shape index (κ2) is 10.5. The molecule has 0 saturated heterocycles. The van der Waals surface area contributed by atoms with Crippen LogP contribution in [0.1, 0.15) is 70.2 Å². The van der Waals surface area contributed by atoms with Crippen molar-refractivity contribution in [1.29, 1.82) is 0 Å². The van der Waals surface area contributed by atoms with Crippen LogP contribution in [0.5, 0.6) is 5.75 Å². The van der Waals surface area contributed by atoms with E-state index in [2.05, 4.69) is 5.32 Å². The molecule has 188 valence electrons. The summed E-state index contributed by atoms with van der Waals surface area (Å²) in [5, 5.41) is 2.32. The lowest BCUT2D eigenvalue weighted by atomic mass is 9.92. The molecule has 3 amide bonds. The SMILES string of the molecule is CC(C)N(C(=O)c1cc2c(cc1Cl)OC(C)(C)C(=O)N2CCNC(=O)C(F)F)C1CCCCC1. The molecular weight excluding hydrogens is 468 g/mol. The topological polar surface area (TPSA) is 79.0 Å². The second-order valence-corrected chi connectivity index (χ2v) is 9.97. The molecule has 7 nitrogen and oxygen atoms in total. The molecule has 0 atom stereocenters. The first kappa shape index (κ1) is 26.2. The van der Waals surface area contributed by atoms with Crippen LogP contribution in [0.25, 0.3) is 0 Å². The van der Waals surface area contributed by atoms with Crippen LogP contribution in [0.4, 0.5) is 14.5 Å². The lowest BCUT2D eigenvalue weighted by Gasteiger charge is -2.40. The number of ether oxygens (including phenoxy) is 1. The lowest BCUT2D eigenvalue weighted by molar-refractivity contribution is -0.133. The second-order valence-electron chi connectivity index (χ2n) is 9.56. The maximum atomic E-state index is 13.6. The standard InChI is InChI=1S/C24H32ClF2N3O4/c1-14(2)30(15-8-6-5-7-9-15)22(32)16-12-18-19(13-17(16)25)34-24(3,4)23(33)29(18)11-10-28-21(31)20(26)27/h12-15,20H,5-11H2,1-4H3,(H,28,31). The predicted molar refractivity (Wildman–Crippen MR) is 126 cm³/mol. The van der Waals surface area contributed by atoms with Crippen LogP contribution in [0.15, 0.2) is 12.1 Å². The van der Waals surface area contributed by atoms with Gasteiger partial charge in [-0.1, -0.05) is 30.9 Å². The number of benzene rings is 1. The van der Waals surface area contributed by atoms with Gasteiger partial charge in [-0.05, 0) is 46.6 Å². The number of alkyl halides is 2. The maximum absolute atomic E-state index is 13.6. The summed E-state index contributed by atoms with van der Waals surface area (Å²) in [6, 6.07) is 3.12. The normalized spacial score (nSPS) is 18.0. The zero-order valence-electron chi connectivity index (χ0n) is 20.0. The molecule has 0 aromatic heterocycles. The Hall–Kier alpha value is -2.42. The Morgan fingerprint density at radius 2 is 1.88 bits per heavy atom. The van der Waals surface area contributed by atoms with Gasteiger partial charge in [-0.3, -0.25) is 14.4 Å². The van der Waals surface area contributed by atoms with Crippen molar-refractivity contribution in [2.75, 3.05) is 18.0 Å². The number of carbonyl (C=O) groups excluding carboxylic acids is 3. The van der Waals surface area contributed by atoms with Gasteiger partial charge in [-0.15, -0.1) is 0 Å². The summed E-state index contributed by atoms with van der Waals surface area (Å²) in [7, 11) is 0. The van der Waals surface area contributed by atoms with Gasteiger partial charge in [0.05, 0.1) is 16.3 Å². The Morgan fingerprint density at radius 3 is 2.47 bits per heavy atom. The van der Waals surface area contributed by atoms with Gasteiger partial charge < -0.3 is 19.9 Å². The van der Waals surface area contributed by atoms with E-state index in [9.17, 15) is 23.2 Å². The van der Waals surface area contributed by atoms with Crippen LogP contribution in [0.3, 0.4) is 0 Å². The quantitative estimate of drug-likeness (QED) is 0.602. The molecule has 1 aliphatic carbocycles. The van der Waals surface area contributed by atoms with E-state index in [4.69, 9.17) is 16.3 Å². The van der Waals surface area contributed by atoms with E-state index in [0.29, 0.717) is 11.4 Å². The molecule has 0 unspecified atom stereocenters. The molecule has 0 bridgehead atoms. The molecule has 10 heteroatoms. The molecule has 2 aliphatic rings. The Balaban J connectivity index is 1.95. The Bertz CT molecular complexity index is 948. The lowest BCUT2D eigenvalue weighted by Crippen LogP contribution is -2.54. The van der Waals surface area contributed by atoms with Crippen molar-refractivity contribution in [1.82, 2.24) is 10.2 Å². The Labute approximate surface area is 203 Å². The minimum absolute atomic E-state index is 0.0415. The number of fused-ring (bicyclic) bond motifs is 1. The van der Waals surface area contributed by atoms with Gasteiger partial charge in [-0.25, -0.2) is 0 Å². The molecule has 1 aliphatic heterocycles. The number of nitrogens with zero attached hydrogens (tertiary/aromatic N) is 2. The average Bonchev–Trinajstić information content (AvgIpc) is 2.76. The summed E-state index contributed by atoms with van der Waals surface area (Å²) < 4.78 is 30.9. The van der Waals surface area contributed by atoms with Gasteiger partial charge in [0.15, 0.2) is 5.60 Å². The summed E-state index contributed by atoms with van der Waals surface area (Å²) in [4.78, 5) is 41.2. The minimum atomic E-state index is -3.14. The first-order valence-electron chi connectivity index (χ1n) is 11.7. The van der Waals surface area contributed by atoms with Crippen molar-refractivity contribution in [3.63, 3.8) is 0 Å². The highest BCUT2D eigenvalue weighted by molar-refractivity contribution is 6.34. The Kier molecular flexibility index (Phi) is 8.06. The van der Waals surface area contributed by atoms with Crippen molar-refractivity contribution < 1.29 is 27.9 Å². The predicted octanol–water partition coefficient (Wildman–Crippen LogP) is 4.41. The monoisotopic (exact) mass is 499 g/mol. The van der Waals surface area contributed by atoms with Crippen LogP contribution in [0, 0.1) is 0 Å². The molecular formula is C24H32ClF2N3O4. The molecule has 3 rings (SSSR count). The number of halogens is 3. The fourth-order valence-electron chi connectivity index (χ4n) is 4.66. The highest BCUT2D eigenvalue weighted by Gasteiger charge is 2.42. The van der Waals surface area contributed by atoms with Crippen molar-refractivity contribution in [3.8, 4) is 5.75 Å². The molecule has 1 aromatic rings. The van der Waals surface area contributed by atoms with E-state index in [1.807, 2.05) is 18.7 Å². The van der Waals surface area contributed by atoms with E-state index < -0.39 is 23.8 Å². The van der Waals surface area contributed by atoms with Crippen LogP contribution in [-0.2, 0) is 9.59 Å². The van der Waals surface area contributed by atoms with Crippen LogP contribution >= 0.6 is 11.6 Å². The fourth-order valence-corrected chi connectivity index (χ4v) is 4.90. The van der Waals surface area contributed by atoms with E-state index in [0.717, 1.165) is 32.1 Å². The van der Waals surface area contributed by atoms with Crippen LogP contribution < -0.4 is 15.0 Å². The molecule has 1 fully saturated rings. The molecule has 0 spiro atoms. The van der Waals surface area contributed by atoms with Crippen molar-refractivity contribution in [2.45, 2.75) is 83.9 Å². The van der Waals surface area contributed by atoms with E-state index in [1.165, 1.54) is 17.0 Å². The molecule has 1 heterocycles. The summed E-state index contributed by atoms with van der Waals surface area (Å²) in [5.74, 6) is -1.75. The van der Waals surface area contributed by atoms with Gasteiger partial charge in [0.2, 0.25) is 0 Å². The fraction of sp³-hybridized carbons (Fsp3) is 0.625. The van der Waals surface area contributed by atoms with Crippen molar-refractivity contribution in [2.24, 2.45) is 0 Å². The van der Waals surface area contributed by atoms with Gasteiger partial charge in [0, 0.05) is 31.2 Å². The summed E-state index contributed by atoms with van der Waals surface area (Å²) in [5.41, 5.74) is -0.672. The average molecular weight is 500 g/mol. The van der Waals surface area contributed by atoms with Gasteiger partial charge in [-0.2, -0.15) is 8.78 Å². The number of amides is 3. The van der Waals surface area contributed by atoms with Crippen molar-refractivity contribution in [3.05, 3.63) is 22.7 Å². The van der Waals surface area contributed by atoms with Gasteiger partial charge in [0.1, 0.15) is 5.75 Å². The van der Waals surface area contributed by atoms with E-state index >= 15 is 0 Å². The number of carbonyl (C=O) groups is 3. The zero-order valence-corrected chi connectivity index (χ0v) is 20.8. The highest BCUT2D eigenvalue weighted by Crippen LogP contribution is 2.41. The molecule has 0 radical (unpaired) electrons. The number of rotatable bonds is 7. The van der Waals surface area contributed by atoms with Crippen LogP contribution in [0.2, 0.25) is 5.02 Å². The Morgan fingerprint density at radius 1 is 1.24 bits per heavy atom. The van der Waals surface area contributed by atoms with E-state index in [-0.39, 0.29) is 41.7 Å². The molecule has 34 heavy (non-hydrogen) atoms. The third kappa shape index (κ3) is 5.45. The third-order valence-corrected chi connectivity index (χ3v) is 6.60. The molecule has 1 saturated carbocycles. The highest BCUT2D eigenvalue weighted by atomic mass is 35.5. The zero-order chi connectivity index (χ0) is 25.2. The maximum Gasteiger partial charge on any atom is 0.315 e. The van der Waals surface area contributed by atoms with E-state index in [1.54, 1.807) is 13.8 Å². The first-order chi connectivity index (χ1) is 15.9. The van der Waals surface area contributed by atoms with Gasteiger partial charge in [0.25, 0.3) is 17.7 Å².